The number of rotatable bonds is 2. The summed E-state index contributed by atoms with van der Waals surface area (Å²) in [7, 11) is 0. The Labute approximate surface area is 150 Å². The minimum atomic E-state index is -0.352. The summed E-state index contributed by atoms with van der Waals surface area (Å²) in [6, 6.07) is 9.07. The summed E-state index contributed by atoms with van der Waals surface area (Å²) in [6.45, 7) is 2.97. The van der Waals surface area contributed by atoms with E-state index >= 15 is 0 Å². The van der Waals surface area contributed by atoms with E-state index in [4.69, 9.17) is 14.9 Å². The van der Waals surface area contributed by atoms with Crippen molar-refractivity contribution in [1.29, 1.82) is 10.5 Å². The molecule has 26 heavy (non-hydrogen) atoms. The molecule has 4 rings (SSSR count). The lowest BCUT2D eigenvalue weighted by Gasteiger charge is -2.43. The smallest absolute Gasteiger partial charge is 0.304 e. The number of amides is 1. The fourth-order valence-corrected chi connectivity index (χ4v) is 3.39. The second kappa shape index (κ2) is 6.51. The molecule has 1 aromatic heterocycles. The van der Waals surface area contributed by atoms with Gasteiger partial charge < -0.3 is 9.32 Å². The Balaban J connectivity index is 1.57. The van der Waals surface area contributed by atoms with Crippen molar-refractivity contribution in [3.05, 3.63) is 36.1 Å². The first-order valence-corrected chi connectivity index (χ1v) is 8.36. The molecule has 1 atom stereocenters. The van der Waals surface area contributed by atoms with Crippen LogP contribution >= 0.6 is 0 Å². The van der Waals surface area contributed by atoms with Crippen LogP contribution in [0.3, 0.4) is 0 Å². The molecule has 130 valence electrons. The summed E-state index contributed by atoms with van der Waals surface area (Å²) in [5.74, 6) is -0.102. The maximum absolute atomic E-state index is 12.9. The Morgan fingerprint density at radius 3 is 2.85 bits per heavy atom. The van der Waals surface area contributed by atoms with E-state index in [1.807, 2.05) is 6.07 Å². The van der Waals surface area contributed by atoms with Gasteiger partial charge in [-0.15, -0.1) is 0 Å². The van der Waals surface area contributed by atoms with E-state index in [1.165, 1.54) is 6.26 Å². The predicted molar refractivity (Wildman–Crippen MR) is 91.6 cm³/mol. The van der Waals surface area contributed by atoms with E-state index in [1.54, 1.807) is 28.0 Å². The highest BCUT2D eigenvalue weighted by Crippen LogP contribution is 2.26. The summed E-state index contributed by atoms with van der Waals surface area (Å²) >= 11 is 0. The number of carbonyl (C=O) groups is 1. The average molecular weight is 348 g/mol. The topological polar surface area (TPSA) is 100 Å². The molecule has 8 heteroatoms. The highest BCUT2D eigenvalue weighted by molar-refractivity contribution is 5.96. The molecule has 2 fully saturated rings. The molecule has 2 saturated heterocycles. The quantitative estimate of drug-likeness (QED) is 0.747. The van der Waals surface area contributed by atoms with Crippen LogP contribution in [0.4, 0.5) is 6.01 Å². The van der Waals surface area contributed by atoms with Gasteiger partial charge in [0, 0.05) is 31.7 Å². The van der Waals surface area contributed by atoms with Crippen LogP contribution in [0.5, 0.6) is 0 Å². The third-order valence-electron chi connectivity index (χ3n) is 4.80. The molecule has 0 N–H and O–H groups in total. The van der Waals surface area contributed by atoms with E-state index < -0.39 is 0 Å². The first-order valence-electron chi connectivity index (χ1n) is 8.36. The average Bonchev–Trinajstić information content (AvgIpc) is 3.18. The number of benzene rings is 1. The lowest BCUT2D eigenvalue weighted by atomic mass is 10.1. The van der Waals surface area contributed by atoms with Crippen LogP contribution in [0.15, 0.2) is 34.9 Å². The Hall–Kier alpha value is -3.36. The van der Waals surface area contributed by atoms with Crippen LogP contribution in [-0.2, 0) is 4.79 Å². The molecular formula is C18H16N6O2. The fourth-order valence-electron chi connectivity index (χ4n) is 3.39. The standard InChI is InChI=1S/C18H16N6O2/c19-9-13-2-1-3-14(8-13)15-11-26-18(21-15)24-7-6-23-5-4-22(12-20)10-16(23)17(24)25/h1-3,8,11,16H,4-7,10H2. The highest BCUT2D eigenvalue weighted by Gasteiger charge is 2.40. The molecule has 1 aromatic carbocycles. The van der Waals surface area contributed by atoms with Crippen LogP contribution in [0.25, 0.3) is 11.3 Å². The van der Waals surface area contributed by atoms with Crippen molar-refractivity contribution in [3.63, 3.8) is 0 Å². The summed E-state index contributed by atoms with van der Waals surface area (Å²) in [5, 5.41) is 18.1. The maximum Gasteiger partial charge on any atom is 0.304 e. The lowest BCUT2D eigenvalue weighted by Crippen LogP contribution is -2.64. The Morgan fingerprint density at radius 1 is 1.19 bits per heavy atom. The number of oxazole rings is 1. The summed E-state index contributed by atoms with van der Waals surface area (Å²) in [4.78, 5) is 22.6. The first kappa shape index (κ1) is 16.1. The molecule has 2 aliphatic rings. The fraction of sp³-hybridized carbons (Fsp3) is 0.333. The Bertz CT molecular complexity index is 924. The van der Waals surface area contributed by atoms with Gasteiger partial charge in [0.1, 0.15) is 18.0 Å². The van der Waals surface area contributed by atoms with Crippen molar-refractivity contribution in [2.75, 3.05) is 37.6 Å². The molecule has 1 amide bonds. The number of anilines is 1. The number of fused-ring (bicyclic) bond motifs is 1. The third-order valence-corrected chi connectivity index (χ3v) is 4.80. The van der Waals surface area contributed by atoms with Crippen LogP contribution < -0.4 is 4.90 Å². The molecular weight excluding hydrogens is 332 g/mol. The SMILES string of the molecule is N#Cc1cccc(-c2coc(N3CCN4CCN(C#N)CC4C3=O)n2)c1. The first-order chi connectivity index (χ1) is 12.7. The zero-order valence-corrected chi connectivity index (χ0v) is 14.0. The van der Waals surface area contributed by atoms with Gasteiger partial charge in [-0.2, -0.15) is 15.5 Å². The number of piperazine rings is 2. The highest BCUT2D eigenvalue weighted by atomic mass is 16.4. The van der Waals surface area contributed by atoms with E-state index in [-0.39, 0.29) is 18.0 Å². The number of nitrogens with zero attached hydrogens (tertiary/aromatic N) is 6. The molecule has 1 unspecified atom stereocenters. The molecule has 0 saturated carbocycles. The van der Waals surface area contributed by atoms with Crippen molar-refractivity contribution in [2.45, 2.75) is 6.04 Å². The van der Waals surface area contributed by atoms with E-state index in [0.29, 0.717) is 37.4 Å². The number of hydrogen-bond donors (Lipinski definition) is 0. The van der Waals surface area contributed by atoms with Gasteiger partial charge in [0.25, 0.3) is 0 Å². The molecule has 0 spiro atoms. The molecule has 2 aliphatic heterocycles. The molecule has 0 aliphatic carbocycles. The van der Waals surface area contributed by atoms with E-state index in [9.17, 15) is 4.79 Å². The van der Waals surface area contributed by atoms with Crippen molar-refractivity contribution >= 4 is 11.9 Å². The summed E-state index contributed by atoms with van der Waals surface area (Å²) < 4.78 is 5.55. The number of aromatic nitrogens is 1. The minimum Gasteiger partial charge on any atom is -0.431 e. The van der Waals surface area contributed by atoms with Gasteiger partial charge in [-0.1, -0.05) is 12.1 Å². The minimum absolute atomic E-state index is 0.102. The number of nitriles is 2. The van der Waals surface area contributed by atoms with Crippen molar-refractivity contribution in [1.82, 2.24) is 14.8 Å². The zero-order chi connectivity index (χ0) is 18.1. The van der Waals surface area contributed by atoms with Crippen LogP contribution in [0.2, 0.25) is 0 Å². The van der Waals surface area contributed by atoms with Gasteiger partial charge in [0.2, 0.25) is 5.91 Å². The number of hydrogen-bond acceptors (Lipinski definition) is 7. The van der Waals surface area contributed by atoms with Gasteiger partial charge in [-0.05, 0) is 12.1 Å². The molecule has 8 nitrogen and oxygen atoms in total. The predicted octanol–water partition coefficient (Wildman–Crippen LogP) is 1.03. The monoisotopic (exact) mass is 348 g/mol. The normalized spacial score (nSPS) is 20.4. The van der Waals surface area contributed by atoms with E-state index in [2.05, 4.69) is 22.1 Å². The summed E-state index contributed by atoms with van der Waals surface area (Å²) in [6.07, 6.45) is 3.61. The van der Waals surface area contributed by atoms with Crippen LogP contribution in [0.1, 0.15) is 5.56 Å². The zero-order valence-electron chi connectivity index (χ0n) is 14.0. The largest absolute Gasteiger partial charge is 0.431 e. The lowest BCUT2D eigenvalue weighted by molar-refractivity contribution is -0.128. The maximum atomic E-state index is 12.9. The molecule has 0 bridgehead atoms. The van der Waals surface area contributed by atoms with Crippen molar-refractivity contribution < 1.29 is 9.21 Å². The van der Waals surface area contributed by atoms with E-state index in [0.717, 1.165) is 12.1 Å². The molecule has 0 radical (unpaired) electrons. The van der Waals surface area contributed by atoms with Crippen LogP contribution in [-0.4, -0.2) is 59.5 Å². The van der Waals surface area contributed by atoms with Gasteiger partial charge >= 0.3 is 6.01 Å². The van der Waals surface area contributed by atoms with Gasteiger partial charge in [-0.3, -0.25) is 14.6 Å². The van der Waals surface area contributed by atoms with Crippen LogP contribution in [0, 0.1) is 22.8 Å². The third kappa shape index (κ3) is 2.77. The molecule has 3 heterocycles. The van der Waals surface area contributed by atoms with Gasteiger partial charge in [-0.25, -0.2) is 0 Å². The second-order valence-corrected chi connectivity index (χ2v) is 6.30. The number of carbonyl (C=O) groups excluding carboxylic acids is 1. The van der Waals surface area contributed by atoms with Gasteiger partial charge in [0.05, 0.1) is 18.2 Å². The Kier molecular flexibility index (Phi) is 4.04. The van der Waals surface area contributed by atoms with Crippen molar-refractivity contribution in [2.24, 2.45) is 0 Å². The summed E-state index contributed by atoms with van der Waals surface area (Å²) in [5.41, 5.74) is 1.88. The van der Waals surface area contributed by atoms with Crippen molar-refractivity contribution in [3.8, 4) is 23.5 Å². The van der Waals surface area contributed by atoms with Gasteiger partial charge in [0.15, 0.2) is 6.19 Å². The second-order valence-electron chi connectivity index (χ2n) is 6.30. The Morgan fingerprint density at radius 2 is 2.04 bits per heavy atom. The molecule has 2 aromatic rings.